The minimum atomic E-state index is -0.153. The van der Waals surface area contributed by atoms with E-state index >= 15 is 0 Å². The summed E-state index contributed by atoms with van der Waals surface area (Å²) in [6.07, 6.45) is 1.91. The zero-order valence-electron chi connectivity index (χ0n) is 38.0. The molecule has 0 amide bonds. The van der Waals surface area contributed by atoms with E-state index in [9.17, 15) is 5.11 Å². The Morgan fingerprint density at radius 2 is 1.29 bits per heavy atom. The minimum Gasteiger partial charge on any atom is -0.507 e. The maximum atomic E-state index is 12.2. The zero-order valence-corrected chi connectivity index (χ0v) is 40.2. The number of hydrogen-bond donors (Lipinski definition) is 1. The molecule has 0 aliphatic rings. The molecule has 0 atom stereocenters. The Hall–Kier alpha value is -5.57. The molecule has 318 valence electrons. The van der Waals surface area contributed by atoms with Gasteiger partial charge in [-0.1, -0.05) is 171 Å². The standard InChI is InChI=1S/C57H58N3O.Pt/c1-35(2)41-32-47(36(3)4)54(61)49(33-41)55-59-53-46(18-15-19-52(53)60(55)51-25-20-37(5)28-48(51)39-16-13-12-14-17-39)42-29-43(31-45(30-42)57(9,10)11)50-34-40(26-27-58-50)38-21-23-44(24-22-38)56(6,7)8;/h12-28,30-36,61H,1-11H3;/q-1;. The van der Waals surface area contributed by atoms with E-state index in [4.69, 9.17) is 9.97 Å². The van der Waals surface area contributed by atoms with Crippen LogP contribution in [0.3, 0.4) is 0 Å². The number of para-hydroxylation sites is 1. The van der Waals surface area contributed by atoms with Crippen molar-refractivity contribution in [3.05, 3.63) is 167 Å². The second-order valence-corrected chi connectivity index (χ2v) is 19.3. The molecule has 2 heterocycles. The monoisotopic (exact) mass is 995 g/mol. The quantitative estimate of drug-likeness (QED) is 0.154. The number of hydrogen-bond acceptors (Lipinski definition) is 3. The van der Waals surface area contributed by atoms with Crippen molar-refractivity contribution in [2.24, 2.45) is 0 Å². The molecule has 8 rings (SSSR count). The fourth-order valence-corrected chi connectivity index (χ4v) is 8.27. The van der Waals surface area contributed by atoms with E-state index in [1.807, 2.05) is 6.20 Å². The number of imidazole rings is 1. The van der Waals surface area contributed by atoms with Gasteiger partial charge in [0.05, 0.1) is 22.3 Å². The third-order valence-electron chi connectivity index (χ3n) is 12.0. The Morgan fingerprint density at radius 1 is 0.597 bits per heavy atom. The van der Waals surface area contributed by atoms with Gasteiger partial charge in [0.25, 0.3) is 0 Å². The summed E-state index contributed by atoms with van der Waals surface area (Å²) in [4.78, 5) is 10.5. The second-order valence-electron chi connectivity index (χ2n) is 19.3. The van der Waals surface area contributed by atoms with Gasteiger partial charge in [-0.05, 0) is 93.3 Å². The number of pyridine rings is 1. The first-order valence-corrected chi connectivity index (χ1v) is 21.7. The molecular weight excluding hydrogens is 938 g/mol. The number of rotatable bonds is 8. The Morgan fingerprint density at radius 3 is 1.95 bits per heavy atom. The van der Waals surface area contributed by atoms with Gasteiger partial charge in [-0.15, -0.1) is 29.3 Å². The van der Waals surface area contributed by atoms with Gasteiger partial charge in [-0.2, -0.15) is 0 Å². The van der Waals surface area contributed by atoms with Crippen molar-refractivity contribution in [3.8, 4) is 67.5 Å². The molecule has 62 heavy (non-hydrogen) atoms. The van der Waals surface area contributed by atoms with Crippen molar-refractivity contribution >= 4 is 11.0 Å². The van der Waals surface area contributed by atoms with Gasteiger partial charge in [-0.3, -0.25) is 9.55 Å². The molecule has 0 saturated carbocycles. The normalized spacial score (nSPS) is 12.0. The number of nitrogens with zero attached hydrogens (tertiary/aromatic N) is 3. The molecule has 0 fully saturated rings. The van der Waals surface area contributed by atoms with Gasteiger partial charge in [0, 0.05) is 38.5 Å². The number of benzene rings is 6. The maximum Gasteiger partial charge on any atom is 0.148 e. The van der Waals surface area contributed by atoms with Crippen molar-refractivity contribution in [1.82, 2.24) is 14.5 Å². The molecule has 8 aromatic rings. The van der Waals surface area contributed by atoms with Gasteiger partial charge in [-0.25, -0.2) is 4.98 Å². The summed E-state index contributed by atoms with van der Waals surface area (Å²) in [6, 6.07) is 49.4. The third-order valence-corrected chi connectivity index (χ3v) is 12.0. The summed E-state index contributed by atoms with van der Waals surface area (Å²) < 4.78 is 2.26. The van der Waals surface area contributed by atoms with Crippen LogP contribution in [0.5, 0.6) is 5.75 Å². The van der Waals surface area contributed by atoms with Crippen molar-refractivity contribution in [2.45, 2.75) is 98.8 Å². The van der Waals surface area contributed by atoms with Crippen LogP contribution < -0.4 is 0 Å². The maximum absolute atomic E-state index is 12.2. The first-order valence-electron chi connectivity index (χ1n) is 21.7. The molecule has 2 aromatic heterocycles. The molecule has 0 aliphatic heterocycles. The minimum absolute atomic E-state index is 0. The predicted octanol–water partition coefficient (Wildman–Crippen LogP) is 15.4. The Balaban J connectivity index is 0.00000578. The number of phenols is 1. The van der Waals surface area contributed by atoms with E-state index in [1.165, 1.54) is 22.3 Å². The van der Waals surface area contributed by atoms with E-state index < -0.39 is 0 Å². The fraction of sp³-hybridized carbons (Fsp3) is 0.263. The Labute approximate surface area is 383 Å². The molecule has 0 spiro atoms. The average molecular weight is 996 g/mol. The van der Waals surface area contributed by atoms with Crippen LogP contribution in [0.15, 0.2) is 134 Å². The zero-order chi connectivity index (χ0) is 43.4. The number of phenolic OH excluding ortho intramolecular Hbond substituents is 1. The SMILES string of the molecule is Cc1ccc(-n2c(-c3cc(C(C)C)cc(C(C)C)c3O)nc3c(-c4[c-]c(-c5cc(-c6ccc(C(C)(C)C)cc6)ccn5)cc(C(C)(C)C)c4)cccc32)c(-c2ccccc2)c1.[Pt]. The fourth-order valence-electron chi connectivity index (χ4n) is 8.27. The van der Waals surface area contributed by atoms with Gasteiger partial charge in [0.15, 0.2) is 0 Å². The average Bonchev–Trinajstić information content (AvgIpc) is 3.62. The summed E-state index contributed by atoms with van der Waals surface area (Å²) >= 11 is 0. The van der Waals surface area contributed by atoms with E-state index in [-0.39, 0.29) is 49.5 Å². The van der Waals surface area contributed by atoms with Gasteiger partial charge in [0.2, 0.25) is 0 Å². The smallest absolute Gasteiger partial charge is 0.148 e. The van der Waals surface area contributed by atoms with Crippen LogP contribution >= 0.6 is 0 Å². The summed E-state index contributed by atoms with van der Waals surface area (Å²) in [5.74, 6) is 1.35. The number of aromatic nitrogens is 3. The van der Waals surface area contributed by atoms with Crippen LogP contribution in [0, 0.1) is 13.0 Å². The topological polar surface area (TPSA) is 50.9 Å². The van der Waals surface area contributed by atoms with Crippen LogP contribution in [0.1, 0.15) is 109 Å². The van der Waals surface area contributed by atoms with Crippen LogP contribution in [-0.4, -0.2) is 19.6 Å². The van der Waals surface area contributed by atoms with Gasteiger partial charge >= 0.3 is 0 Å². The van der Waals surface area contributed by atoms with Gasteiger partial charge < -0.3 is 5.11 Å². The van der Waals surface area contributed by atoms with E-state index in [0.29, 0.717) is 5.82 Å². The molecule has 0 radical (unpaired) electrons. The van der Waals surface area contributed by atoms with Crippen molar-refractivity contribution in [1.29, 1.82) is 0 Å². The Bertz CT molecular complexity index is 2890. The number of aromatic hydroxyl groups is 1. The molecule has 1 N–H and O–H groups in total. The van der Waals surface area contributed by atoms with Crippen LogP contribution in [0.25, 0.3) is 72.7 Å². The molecule has 0 aliphatic carbocycles. The van der Waals surface area contributed by atoms with Gasteiger partial charge in [0.1, 0.15) is 11.6 Å². The van der Waals surface area contributed by atoms with E-state index in [0.717, 1.165) is 72.5 Å². The summed E-state index contributed by atoms with van der Waals surface area (Å²) in [5, 5.41) is 12.2. The molecule has 4 nitrogen and oxygen atoms in total. The molecule has 6 aromatic carbocycles. The number of aryl methyl sites for hydroxylation is 1. The molecular formula is C57H58N3OPt-. The first-order chi connectivity index (χ1) is 29.0. The first kappa shape index (κ1) is 44.5. The van der Waals surface area contributed by atoms with Crippen LogP contribution in [0.4, 0.5) is 0 Å². The van der Waals surface area contributed by atoms with E-state index in [1.54, 1.807) is 0 Å². The second kappa shape index (κ2) is 17.3. The summed E-state index contributed by atoms with van der Waals surface area (Å²) in [5.41, 5.74) is 17.4. The summed E-state index contributed by atoms with van der Waals surface area (Å²) in [7, 11) is 0. The van der Waals surface area contributed by atoms with Crippen molar-refractivity contribution in [3.63, 3.8) is 0 Å². The molecule has 0 saturated heterocycles. The molecule has 0 unspecified atom stereocenters. The largest absolute Gasteiger partial charge is 0.507 e. The Kier molecular flexibility index (Phi) is 12.4. The van der Waals surface area contributed by atoms with E-state index in [2.05, 4.69) is 214 Å². The van der Waals surface area contributed by atoms with Crippen LogP contribution in [-0.2, 0) is 31.9 Å². The molecule has 5 heteroatoms. The predicted molar refractivity (Wildman–Crippen MR) is 257 cm³/mol. The van der Waals surface area contributed by atoms with Crippen LogP contribution in [0.2, 0.25) is 0 Å². The third kappa shape index (κ3) is 8.73. The van der Waals surface area contributed by atoms with Crippen molar-refractivity contribution < 1.29 is 26.2 Å². The summed E-state index contributed by atoms with van der Waals surface area (Å²) in [6.45, 7) is 24.3. The number of fused-ring (bicyclic) bond motifs is 1. The van der Waals surface area contributed by atoms with Crippen molar-refractivity contribution in [2.75, 3.05) is 0 Å². The molecule has 0 bridgehead atoms.